The number of carboxylic acid groups (broad SMARTS) is 1. The smallest absolute Gasteiger partial charge is 0.325 e. The van der Waals surface area contributed by atoms with Gasteiger partial charge in [-0.15, -0.1) is 0 Å². The summed E-state index contributed by atoms with van der Waals surface area (Å²) in [6.07, 6.45) is 3.57. The van der Waals surface area contributed by atoms with Gasteiger partial charge in [0.2, 0.25) is 0 Å². The van der Waals surface area contributed by atoms with E-state index in [1.807, 2.05) is 4.90 Å². The summed E-state index contributed by atoms with van der Waals surface area (Å²) in [5.74, 6) is 0.177. The summed E-state index contributed by atoms with van der Waals surface area (Å²) in [5.41, 5.74) is 0.540. The first kappa shape index (κ1) is 15.3. The third kappa shape index (κ3) is 3.93. The molecule has 114 valence electrons. The zero-order chi connectivity index (χ0) is 15.4. The standard InChI is InChI=1S/C15H21N3O3/c1-10-5-7-18(8-6-10)14(19)12-3-4-13(16-9-12)17-11(2)15(20)21/h3-4,9-11H,5-8H2,1-2H3,(H,16,17)(H,20,21)/t11-/m1/s1. The first-order valence-electron chi connectivity index (χ1n) is 7.22. The van der Waals surface area contributed by atoms with Crippen LogP contribution in [0.2, 0.25) is 0 Å². The van der Waals surface area contributed by atoms with Crippen LogP contribution in [0.3, 0.4) is 0 Å². The van der Waals surface area contributed by atoms with Gasteiger partial charge in [0.15, 0.2) is 0 Å². The zero-order valence-corrected chi connectivity index (χ0v) is 12.4. The van der Waals surface area contributed by atoms with E-state index in [2.05, 4.69) is 17.2 Å². The molecule has 1 atom stereocenters. The van der Waals surface area contributed by atoms with Crippen molar-refractivity contribution in [2.24, 2.45) is 5.92 Å². The van der Waals surface area contributed by atoms with Crippen LogP contribution in [0, 0.1) is 5.92 Å². The van der Waals surface area contributed by atoms with Gasteiger partial charge in [-0.1, -0.05) is 6.92 Å². The molecule has 0 unspecified atom stereocenters. The number of hydrogen-bond donors (Lipinski definition) is 2. The van der Waals surface area contributed by atoms with E-state index in [4.69, 9.17) is 5.11 Å². The van der Waals surface area contributed by atoms with Crippen molar-refractivity contribution in [2.75, 3.05) is 18.4 Å². The molecular formula is C15H21N3O3. The summed E-state index contributed by atoms with van der Waals surface area (Å²) in [5, 5.41) is 11.6. The largest absolute Gasteiger partial charge is 0.480 e. The molecule has 0 spiro atoms. The Labute approximate surface area is 124 Å². The topological polar surface area (TPSA) is 82.5 Å². The number of carboxylic acids is 1. The average Bonchev–Trinajstić information content (AvgIpc) is 2.48. The minimum absolute atomic E-state index is 0.00719. The molecule has 2 N–H and O–H groups in total. The maximum Gasteiger partial charge on any atom is 0.325 e. The van der Waals surface area contributed by atoms with E-state index in [0.717, 1.165) is 25.9 Å². The molecule has 6 nitrogen and oxygen atoms in total. The second-order valence-corrected chi connectivity index (χ2v) is 5.61. The molecule has 0 bridgehead atoms. The summed E-state index contributed by atoms with van der Waals surface area (Å²) in [4.78, 5) is 29.0. The Balaban J connectivity index is 1.98. The van der Waals surface area contributed by atoms with Gasteiger partial charge in [0.25, 0.3) is 5.91 Å². The molecule has 2 rings (SSSR count). The van der Waals surface area contributed by atoms with Crippen LogP contribution < -0.4 is 5.32 Å². The number of nitrogens with one attached hydrogen (secondary N) is 1. The molecule has 2 heterocycles. The Bertz CT molecular complexity index is 507. The summed E-state index contributed by atoms with van der Waals surface area (Å²) >= 11 is 0. The van der Waals surface area contributed by atoms with Crippen molar-refractivity contribution >= 4 is 17.7 Å². The SMILES string of the molecule is CC1CCN(C(=O)c2ccc(N[C@H](C)C(=O)O)nc2)CC1. The molecule has 0 radical (unpaired) electrons. The number of anilines is 1. The Kier molecular flexibility index (Phi) is 4.77. The minimum atomic E-state index is -0.945. The minimum Gasteiger partial charge on any atom is -0.480 e. The van der Waals surface area contributed by atoms with Gasteiger partial charge in [-0.3, -0.25) is 9.59 Å². The van der Waals surface area contributed by atoms with E-state index in [-0.39, 0.29) is 5.91 Å². The highest BCUT2D eigenvalue weighted by Crippen LogP contribution is 2.18. The highest BCUT2D eigenvalue weighted by Gasteiger charge is 2.21. The molecule has 1 aromatic rings. The van der Waals surface area contributed by atoms with Gasteiger partial charge < -0.3 is 15.3 Å². The van der Waals surface area contributed by atoms with Gasteiger partial charge in [0.1, 0.15) is 11.9 Å². The number of likely N-dealkylation sites (tertiary alicyclic amines) is 1. The lowest BCUT2D eigenvalue weighted by Gasteiger charge is -2.30. The fourth-order valence-electron chi connectivity index (χ4n) is 2.28. The molecule has 6 heteroatoms. The van der Waals surface area contributed by atoms with Crippen molar-refractivity contribution < 1.29 is 14.7 Å². The molecule has 1 amide bonds. The van der Waals surface area contributed by atoms with Crippen molar-refractivity contribution in [3.05, 3.63) is 23.9 Å². The predicted molar refractivity (Wildman–Crippen MR) is 79.3 cm³/mol. The van der Waals surface area contributed by atoms with E-state index in [0.29, 0.717) is 17.3 Å². The Hall–Kier alpha value is -2.11. The lowest BCUT2D eigenvalue weighted by Crippen LogP contribution is -2.37. The first-order chi connectivity index (χ1) is 9.97. The van der Waals surface area contributed by atoms with E-state index in [1.165, 1.54) is 13.1 Å². The normalized spacial score (nSPS) is 17.3. The summed E-state index contributed by atoms with van der Waals surface area (Å²) in [6.45, 7) is 5.32. The van der Waals surface area contributed by atoms with Crippen LogP contribution in [0.25, 0.3) is 0 Å². The summed E-state index contributed by atoms with van der Waals surface area (Å²) in [7, 11) is 0. The number of aliphatic carboxylic acids is 1. The van der Waals surface area contributed by atoms with Gasteiger partial charge in [-0.05, 0) is 37.8 Å². The fourth-order valence-corrected chi connectivity index (χ4v) is 2.28. The number of piperidine rings is 1. The molecule has 1 aromatic heterocycles. The number of pyridine rings is 1. The van der Waals surface area contributed by atoms with Crippen molar-refractivity contribution in [1.29, 1.82) is 0 Å². The van der Waals surface area contributed by atoms with Gasteiger partial charge in [0, 0.05) is 19.3 Å². The van der Waals surface area contributed by atoms with Crippen molar-refractivity contribution in [2.45, 2.75) is 32.7 Å². The second kappa shape index (κ2) is 6.56. The van der Waals surface area contributed by atoms with Crippen molar-refractivity contribution in [3.8, 4) is 0 Å². The number of hydrogen-bond acceptors (Lipinski definition) is 4. The van der Waals surface area contributed by atoms with Gasteiger partial charge in [-0.2, -0.15) is 0 Å². The highest BCUT2D eigenvalue weighted by molar-refractivity contribution is 5.94. The van der Waals surface area contributed by atoms with E-state index < -0.39 is 12.0 Å². The molecule has 21 heavy (non-hydrogen) atoms. The van der Waals surface area contributed by atoms with Gasteiger partial charge in [0.05, 0.1) is 5.56 Å². The Morgan fingerprint density at radius 1 is 1.38 bits per heavy atom. The molecule has 0 saturated carbocycles. The van der Waals surface area contributed by atoms with Crippen molar-refractivity contribution in [1.82, 2.24) is 9.88 Å². The molecule has 1 aliphatic rings. The number of aromatic nitrogens is 1. The Morgan fingerprint density at radius 3 is 2.57 bits per heavy atom. The molecule has 0 aromatic carbocycles. The average molecular weight is 291 g/mol. The summed E-state index contributed by atoms with van der Waals surface area (Å²) < 4.78 is 0. The van der Waals surface area contributed by atoms with Gasteiger partial charge in [-0.25, -0.2) is 4.98 Å². The van der Waals surface area contributed by atoms with Crippen LogP contribution in [-0.2, 0) is 4.79 Å². The number of rotatable bonds is 4. The van der Waals surface area contributed by atoms with Crippen molar-refractivity contribution in [3.63, 3.8) is 0 Å². The molecular weight excluding hydrogens is 270 g/mol. The van der Waals surface area contributed by atoms with Crippen LogP contribution in [0.1, 0.15) is 37.0 Å². The van der Waals surface area contributed by atoms with E-state index in [1.54, 1.807) is 12.1 Å². The second-order valence-electron chi connectivity index (χ2n) is 5.61. The molecule has 1 fully saturated rings. The summed E-state index contributed by atoms with van der Waals surface area (Å²) in [6, 6.07) is 2.60. The molecule has 1 aliphatic heterocycles. The first-order valence-corrected chi connectivity index (χ1v) is 7.22. The number of carbonyl (C=O) groups excluding carboxylic acids is 1. The number of nitrogens with zero attached hydrogens (tertiary/aromatic N) is 2. The van der Waals surface area contributed by atoms with Gasteiger partial charge >= 0.3 is 5.97 Å². The predicted octanol–water partition coefficient (Wildman–Crippen LogP) is 1.84. The van der Waals surface area contributed by atoms with E-state index >= 15 is 0 Å². The number of carbonyl (C=O) groups is 2. The molecule has 0 aliphatic carbocycles. The quantitative estimate of drug-likeness (QED) is 0.884. The lowest BCUT2D eigenvalue weighted by atomic mass is 9.99. The monoisotopic (exact) mass is 291 g/mol. The maximum absolute atomic E-state index is 12.3. The molecule has 1 saturated heterocycles. The van der Waals surface area contributed by atoms with Crippen LogP contribution in [0.5, 0.6) is 0 Å². The van der Waals surface area contributed by atoms with Crippen LogP contribution >= 0.6 is 0 Å². The fraction of sp³-hybridized carbons (Fsp3) is 0.533. The lowest BCUT2D eigenvalue weighted by molar-refractivity contribution is -0.137. The van der Waals surface area contributed by atoms with Crippen LogP contribution in [0.4, 0.5) is 5.82 Å². The zero-order valence-electron chi connectivity index (χ0n) is 12.4. The third-order valence-corrected chi connectivity index (χ3v) is 3.82. The maximum atomic E-state index is 12.3. The highest BCUT2D eigenvalue weighted by atomic mass is 16.4. The Morgan fingerprint density at radius 2 is 2.05 bits per heavy atom. The number of amides is 1. The van der Waals surface area contributed by atoms with Crippen LogP contribution in [-0.4, -0.2) is 46.0 Å². The van der Waals surface area contributed by atoms with E-state index in [9.17, 15) is 9.59 Å². The third-order valence-electron chi connectivity index (χ3n) is 3.82. The van der Waals surface area contributed by atoms with Crippen LogP contribution in [0.15, 0.2) is 18.3 Å².